The van der Waals surface area contributed by atoms with Crippen LogP contribution in [0.4, 0.5) is 5.82 Å². The van der Waals surface area contributed by atoms with E-state index in [0.29, 0.717) is 19.0 Å². The molecule has 0 aliphatic carbocycles. The largest absolute Gasteiger partial charge is 0.497 e. The highest BCUT2D eigenvalue weighted by atomic mass is 32.1. The van der Waals surface area contributed by atoms with E-state index in [-0.39, 0.29) is 6.04 Å². The summed E-state index contributed by atoms with van der Waals surface area (Å²) in [6.07, 6.45) is 4.62. The second kappa shape index (κ2) is 13.7. The second-order valence-electron chi connectivity index (χ2n) is 9.81. The van der Waals surface area contributed by atoms with Crippen molar-refractivity contribution in [3.8, 4) is 28.3 Å². The standard InChI is InChI=1S/C33H36N4OS/c1-5-20-37(29(21-24(2)3)33(39)35-22-25-16-18-28(38-4)19-17-25)30-23-34-31(26-12-8-6-9-13-26)32(36-30)27-14-10-7-11-15-27/h5-19,23-24,29H,1,20-22H2,2-4H3,(H,35,39). The van der Waals surface area contributed by atoms with Crippen molar-refractivity contribution in [1.29, 1.82) is 0 Å². The molecule has 0 fully saturated rings. The Labute approximate surface area is 237 Å². The van der Waals surface area contributed by atoms with Crippen molar-refractivity contribution in [1.82, 2.24) is 15.3 Å². The van der Waals surface area contributed by atoms with E-state index in [1.165, 1.54) is 0 Å². The average molecular weight is 537 g/mol. The first kappa shape index (κ1) is 28.0. The van der Waals surface area contributed by atoms with E-state index in [2.05, 4.69) is 54.9 Å². The van der Waals surface area contributed by atoms with Gasteiger partial charge in [-0.3, -0.25) is 4.98 Å². The lowest BCUT2D eigenvalue weighted by molar-refractivity contribution is 0.414. The Bertz CT molecular complexity index is 1360. The molecule has 0 bridgehead atoms. The number of nitrogens with one attached hydrogen (secondary N) is 1. The summed E-state index contributed by atoms with van der Waals surface area (Å²) in [4.78, 5) is 13.1. The Hall–Kier alpha value is -4.03. The van der Waals surface area contributed by atoms with Crippen molar-refractivity contribution in [3.05, 3.63) is 109 Å². The molecule has 0 saturated heterocycles. The molecule has 1 atom stereocenters. The molecule has 0 aliphatic heterocycles. The van der Waals surface area contributed by atoms with Crippen molar-refractivity contribution in [3.63, 3.8) is 0 Å². The van der Waals surface area contributed by atoms with Gasteiger partial charge in [-0.2, -0.15) is 0 Å². The number of ether oxygens (including phenoxy) is 1. The van der Waals surface area contributed by atoms with Gasteiger partial charge in [-0.15, -0.1) is 6.58 Å². The quantitative estimate of drug-likeness (QED) is 0.151. The predicted octanol–water partition coefficient (Wildman–Crippen LogP) is 7.34. The molecule has 4 aromatic rings. The Balaban J connectivity index is 1.69. The molecular formula is C33H36N4OS. The maximum absolute atomic E-state index is 6.00. The lowest BCUT2D eigenvalue weighted by atomic mass is 10.0. The van der Waals surface area contributed by atoms with Crippen molar-refractivity contribution in [2.24, 2.45) is 5.92 Å². The molecule has 0 aliphatic rings. The van der Waals surface area contributed by atoms with E-state index < -0.39 is 0 Å². The number of thiocarbonyl (C=S) groups is 1. The van der Waals surface area contributed by atoms with Crippen LogP contribution >= 0.6 is 12.2 Å². The first-order valence-corrected chi connectivity index (χ1v) is 13.7. The minimum absolute atomic E-state index is 0.0725. The summed E-state index contributed by atoms with van der Waals surface area (Å²) in [6, 6.07) is 28.4. The summed E-state index contributed by atoms with van der Waals surface area (Å²) in [5, 5.41) is 3.50. The third-order valence-corrected chi connectivity index (χ3v) is 6.89. The SMILES string of the molecule is C=CCN(c1cnc(-c2ccccc2)c(-c2ccccc2)n1)C(CC(C)C)C(=S)NCc1ccc(OC)cc1. The topological polar surface area (TPSA) is 50.3 Å². The van der Waals surface area contributed by atoms with Gasteiger partial charge in [0.15, 0.2) is 0 Å². The fraction of sp³-hybridized carbons (Fsp3) is 0.242. The van der Waals surface area contributed by atoms with E-state index in [1.807, 2.05) is 72.9 Å². The molecule has 0 saturated carbocycles. The van der Waals surface area contributed by atoms with Crippen molar-refractivity contribution in [2.75, 3.05) is 18.6 Å². The van der Waals surface area contributed by atoms with Crippen molar-refractivity contribution >= 4 is 23.0 Å². The Morgan fingerprint density at radius 3 is 2.13 bits per heavy atom. The van der Waals surface area contributed by atoms with E-state index in [0.717, 1.165) is 51.1 Å². The highest BCUT2D eigenvalue weighted by Crippen LogP contribution is 2.31. The molecule has 39 heavy (non-hydrogen) atoms. The molecule has 6 heteroatoms. The van der Waals surface area contributed by atoms with Gasteiger partial charge >= 0.3 is 0 Å². The molecule has 0 radical (unpaired) electrons. The van der Waals surface area contributed by atoms with Gasteiger partial charge in [-0.25, -0.2) is 4.98 Å². The zero-order valence-corrected chi connectivity index (χ0v) is 23.7. The number of rotatable bonds is 12. The van der Waals surface area contributed by atoms with Crippen LogP contribution in [0.15, 0.2) is 104 Å². The molecule has 1 unspecified atom stereocenters. The maximum atomic E-state index is 6.00. The summed E-state index contributed by atoms with van der Waals surface area (Å²) in [5.41, 5.74) is 4.87. The fourth-order valence-electron chi connectivity index (χ4n) is 4.51. The van der Waals surface area contributed by atoms with E-state index in [1.54, 1.807) is 7.11 Å². The highest BCUT2D eigenvalue weighted by molar-refractivity contribution is 7.80. The Kier molecular flexibility index (Phi) is 9.81. The highest BCUT2D eigenvalue weighted by Gasteiger charge is 2.26. The van der Waals surface area contributed by atoms with Gasteiger partial charge in [0.25, 0.3) is 0 Å². The normalized spacial score (nSPS) is 11.6. The van der Waals surface area contributed by atoms with E-state index in [4.69, 9.17) is 26.9 Å². The summed E-state index contributed by atoms with van der Waals surface area (Å²) in [5.74, 6) is 2.03. The molecule has 3 aromatic carbocycles. The molecule has 1 heterocycles. The number of methoxy groups -OCH3 is 1. The van der Waals surface area contributed by atoms with Crippen LogP contribution in [-0.2, 0) is 6.54 Å². The van der Waals surface area contributed by atoms with Crippen LogP contribution in [-0.4, -0.2) is 34.7 Å². The van der Waals surface area contributed by atoms with Crippen LogP contribution in [0.5, 0.6) is 5.75 Å². The van der Waals surface area contributed by atoms with Crippen LogP contribution in [0.1, 0.15) is 25.8 Å². The molecule has 5 nitrogen and oxygen atoms in total. The number of aromatic nitrogens is 2. The zero-order chi connectivity index (χ0) is 27.6. The van der Waals surface area contributed by atoms with E-state index in [9.17, 15) is 0 Å². The molecule has 0 amide bonds. The van der Waals surface area contributed by atoms with Crippen LogP contribution in [0.3, 0.4) is 0 Å². The predicted molar refractivity (Wildman–Crippen MR) is 166 cm³/mol. The molecule has 4 rings (SSSR count). The second-order valence-corrected chi connectivity index (χ2v) is 10.2. The number of benzene rings is 3. The molecular weight excluding hydrogens is 500 g/mol. The van der Waals surface area contributed by atoms with Crippen molar-refractivity contribution < 1.29 is 4.74 Å². The third-order valence-electron chi connectivity index (χ3n) is 6.47. The monoisotopic (exact) mass is 536 g/mol. The molecule has 0 spiro atoms. The number of anilines is 1. The van der Waals surface area contributed by atoms with Gasteiger partial charge in [-0.05, 0) is 30.0 Å². The maximum Gasteiger partial charge on any atom is 0.148 e. The van der Waals surface area contributed by atoms with Crippen molar-refractivity contribution in [2.45, 2.75) is 32.9 Å². The Morgan fingerprint density at radius 1 is 0.949 bits per heavy atom. The van der Waals surface area contributed by atoms with Gasteiger partial charge in [0.2, 0.25) is 0 Å². The molecule has 1 aromatic heterocycles. The molecule has 1 N–H and O–H groups in total. The lowest BCUT2D eigenvalue weighted by Gasteiger charge is -2.34. The van der Waals surface area contributed by atoms with Crippen LogP contribution < -0.4 is 15.0 Å². The smallest absolute Gasteiger partial charge is 0.148 e. The molecule has 200 valence electrons. The van der Waals surface area contributed by atoms with Gasteiger partial charge in [0.05, 0.1) is 35.7 Å². The third kappa shape index (κ3) is 7.30. The summed E-state index contributed by atoms with van der Waals surface area (Å²) >= 11 is 6.00. The lowest BCUT2D eigenvalue weighted by Crippen LogP contribution is -2.47. The van der Waals surface area contributed by atoms with Crippen LogP contribution in [0.2, 0.25) is 0 Å². The summed E-state index contributed by atoms with van der Waals surface area (Å²) in [6.45, 7) is 9.69. The average Bonchev–Trinajstić information content (AvgIpc) is 2.98. The van der Waals surface area contributed by atoms with Gasteiger partial charge < -0.3 is 15.0 Å². The first-order valence-electron chi connectivity index (χ1n) is 13.3. The van der Waals surface area contributed by atoms with E-state index >= 15 is 0 Å². The Morgan fingerprint density at radius 2 is 1.56 bits per heavy atom. The van der Waals surface area contributed by atoms with Gasteiger partial charge in [0, 0.05) is 24.2 Å². The van der Waals surface area contributed by atoms with Gasteiger partial charge in [-0.1, -0.05) is 105 Å². The number of hydrogen-bond acceptors (Lipinski definition) is 5. The van der Waals surface area contributed by atoms with Crippen LogP contribution in [0.25, 0.3) is 22.5 Å². The summed E-state index contributed by atoms with van der Waals surface area (Å²) < 4.78 is 5.29. The van der Waals surface area contributed by atoms with Crippen LogP contribution in [0, 0.1) is 5.92 Å². The first-order chi connectivity index (χ1) is 19.0. The number of nitrogens with zero attached hydrogens (tertiary/aromatic N) is 3. The fourth-order valence-corrected chi connectivity index (χ4v) is 4.81. The zero-order valence-electron chi connectivity index (χ0n) is 22.9. The minimum atomic E-state index is -0.0725. The minimum Gasteiger partial charge on any atom is -0.497 e. The number of hydrogen-bond donors (Lipinski definition) is 1. The van der Waals surface area contributed by atoms with Gasteiger partial charge in [0.1, 0.15) is 11.6 Å². The summed E-state index contributed by atoms with van der Waals surface area (Å²) in [7, 11) is 1.67.